The number of benzene rings is 1. The predicted molar refractivity (Wildman–Crippen MR) is 101 cm³/mol. The molecular weight excluding hydrogens is 314 g/mol. The summed E-state index contributed by atoms with van der Waals surface area (Å²) in [4.78, 5) is 16.8. The fraction of sp³-hybridized carbons (Fsp3) is 0.650. The van der Waals surface area contributed by atoms with E-state index in [-0.39, 0.29) is 18.2 Å². The molecule has 2 fully saturated rings. The molecule has 2 heterocycles. The van der Waals surface area contributed by atoms with Gasteiger partial charge in [0.1, 0.15) is 0 Å². The van der Waals surface area contributed by atoms with E-state index in [1.165, 1.54) is 11.3 Å². The van der Waals surface area contributed by atoms with Gasteiger partial charge in [0.25, 0.3) is 0 Å². The Bertz CT molecular complexity index is 565. The highest BCUT2D eigenvalue weighted by Crippen LogP contribution is 2.22. The van der Waals surface area contributed by atoms with Crippen LogP contribution in [0.25, 0.3) is 0 Å². The van der Waals surface area contributed by atoms with Crippen LogP contribution in [0.4, 0.5) is 10.5 Å². The summed E-state index contributed by atoms with van der Waals surface area (Å²) >= 11 is 0. The molecule has 1 aromatic rings. The van der Waals surface area contributed by atoms with Crippen molar-refractivity contribution in [2.75, 3.05) is 31.1 Å². The van der Waals surface area contributed by atoms with E-state index >= 15 is 0 Å². The molecule has 138 valence electrons. The smallest absolute Gasteiger partial charge is 0.317 e. The molecule has 2 unspecified atom stereocenters. The number of aryl methyl sites for hydroxylation is 1. The monoisotopic (exact) mass is 345 g/mol. The number of nitrogens with zero attached hydrogens (tertiary/aromatic N) is 2. The summed E-state index contributed by atoms with van der Waals surface area (Å²) in [5.74, 6) is 0.329. The summed E-state index contributed by atoms with van der Waals surface area (Å²) < 4.78 is 0. The van der Waals surface area contributed by atoms with E-state index in [1.54, 1.807) is 0 Å². The van der Waals surface area contributed by atoms with Crippen molar-refractivity contribution in [1.29, 1.82) is 0 Å². The number of amides is 2. The highest BCUT2D eigenvalue weighted by Gasteiger charge is 2.28. The third-order valence-electron chi connectivity index (χ3n) is 5.66. The summed E-state index contributed by atoms with van der Waals surface area (Å²) in [6, 6.07) is 8.88. The number of carbonyl (C=O) groups excluding carboxylic acids is 1. The lowest BCUT2D eigenvalue weighted by molar-refractivity contribution is 0.0792. The average molecular weight is 345 g/mol. The minimum Gasteiger partial charge on any atom is -0.393 e. The van der Waals surface area contributed by atoms with Crippen LogP contribution >= 0.6 is 0 Å². The van der Waals surface area contributed by atoms with Crippen LogP contribution < -0.4 is 10.2 Å². The van der Waals surface area contributed by atoms with Gasteiger partial charge in [-0.3, -0.25) is 0 Å². The Morgan fingerprint density at radius 1 is 1.16 bits per heavy atom. The Morgan fingerprint density at radius 2 is 1.84 bits per heavy atom. The topological polar surface area (TPSA) is 55.8 Å². The first-order chi connectivity index (χ1) is 12.0. The molecule has 2 N–H and O–H groups in total. The van der Waals surface area contributed by atoms with Crippen LogP contribution in [-0.4, -0.2) is 54.4 Å². The van der Waals surface area contributed by atoms with Crippen molar-refractivity contribution >= 4 is 11.7 Å². The molecule has 3 rings (SSSR count). The van der Waals surface area contributed by atoms with Gasteiger partial charge in [0, 0.05) is 37.9 Å². The molecule has 2 amide bonds. The van der Waals surface area contributed by atoms with E-state index in [0.717, 1.165) is 51.9 Å². The molecule has 2 aliphatic rings. The zero-order valence-electron chi connectivity index (χ0n) is 15.4. The fourth-order valence-electron chi connectivity index (χ4n) is 3.94. The number of likely N-dealkylation sites (tertiary alicyclic amines) is 1. The zero-order chi connectivity index (χ0) is 17.8. The van der Waals surface area contributed by atoms with Crippen molar-refractivity contribution in [2.45, 2.75) is 51.7 Å². The largest absolute Gasteiger partial charge is 0.393 e. The second kappa shape index (κ2) is 8.09. The third-order valence-corrected chi connectivity index (χ3v) is 5.66. The molecule has 0 radical (unpaired) electrons. The number of rotatable bonds is 3. The average Bonchev–Trinajstić information content (AvgIpc) is 2.62. The molecule has 0 spiro atoms. The van der Waals surface area contributed by atoms with E-state index in [2.05, 4.69) is 41.4 Å². The van der Waals surface area contributed by atoms with Gasteiger partial charge in [0.05, 0.1) is 6.10 Å². The second-order valence-corrected chi connectivity index (χ2v) is 7.64. The minimum absolute atomic E-state index is 0.0554. The first-order valence-electron chi connectivity index (χ1n) is 9.58. The highest BCUT2D eigenvalue weighted by molar-refractivity contribution is 5.74. The quantitative estimate of drug-likeness (QED) is 0.886. The Morgan fingerprint density at radius 3 is 2.48 bits per heavy atom. The fourth-order valence-corrected chi connectivity index (χ4v) is 3.94. The molecule has 0 aromatic heterocycles. The molecule has 0 aliphatic carbocycles. The first-order valence-corrected chi connectivity index (χ1v) is 9.58. The maximum absolute atomic E-state index is 12.6. The van der Waals surface area contributed by atoms with Gasteiger partial charge >= 0.3 is 6.03 Å². The van der Waals surface area contributed by atoms with Gasteiger partial charge in [-0.2, -0.15) is 0 Å². The molecule has 5 heteroatoms. The van der Waals surface area contributed by atoms with Gasteiger partial charge < -0.3 is 20.2 Å². The first kappa shape index (κ1) is 18.1. The summed E-state index contributed by atoms with van der Waals surface area (Å²) in [5.41, 5.74) is 2.51. The maximum atomic E-state index is 12.6. The van der Waals surface area contributed by atoms with Crippen LogP contribution in [0.15, 0.2) is 24.3 Å². The molecular formula is C20H31N3O2. The number of aliphatic hydroxyl groups is 1. The number of piperidine rings is 2. The number of nitrogens with one attached hydrogen (secondary N) is 1. The van der Waals surface area contributed by atoms with Crippen LogP contribution in [0.5, 0.6) is 0 Å². The normalized spacial score (nSPS) is 23.4. The van der Waals surface area contributed by atoms with Crippen molar-refractivity contribution in [3.05, 3.63) is 29.8 Å². The molecule has 0 bridgehead atoms. The van der Waals surface area contributed by atoms with Crippen molar-refractivity contribution in [1.82, 2.24) is 10.2 Å². The van der Waals surface area contributed by atoms with Crippen LogP contribution in [0.3, 0.4) is 0 Å². The molecule has 0 saturated carbocycles. The second-order valence-electron chi connectivity index (χ2n) is 7.64. The summed E-state index contributed by atoms with van der Waals surface area (Å²) in [6.45, 7) is 7.37. The number of urea groups is 1. The number of carbonyl (C=O) groups is 1. The summed E-state index contributed by atoms with van der Waals surface area (Å²) in [5, 5.41) is 12.9. The number of hydrogen-bond donors (Lipinski definition) is 2. The van der Waals surface area contributed by atoms with Gasteiger partial charge in [-0.1, -0.05) is 17.7 Å². The van der Waals surface area contributed by atoms with Gasteiger partial charge in [-0.25, -0.2) is 4.79 Å². The third kappa shape index (κ3) is 4.66. The van der Waals surface area contributed by atoms with Crippen molar-refractivity contribution in [3.63, 3.8) is 0 Å². The van der Waals surface area contributed by atoms with Crippen LogP contribution in [0, 0.1) is 12.8 Å². The van der Waals surface area contributed by atoms with Crippen LogP contribution in [0.2, 0.25) is 0 Å². The van der Waals surface area contributed by atoms with Gasteiger partial charge in [0.15, 0.2) is 0 Å². The lowest BCUT2D eigenvalue weighted by Gasteiger charge is -2.37. The van der Waals surface area contributed by atoms with E-state index in [4.69, 9.17) is 0 Å². The summed E-state index contributed by atoms with van der Waals surface area (Å²) in [7, 11) is 0. The number of anilines is 1. The lowest BCUT2D eigenvalue weighted by Crippen LogP contribution is -2.53. The number of aliphatic hydroxyl groups excluding tert-OH is 1. The SMILES string of the molecule is Cc1ccc(N2CCCC(NC(=O)N3CCC(C(C)O)CC3)C2)cc1. The minimum atomic E-state index is -0.272. The Labute approximate surface area is 151 Å². The zero-order valence-corrected chi connectivity index (χ0v) is 15.4. The van der Waals surface area contributed by atoms with Crippen molar-refractivity contribution in [2.24, 2.45) is 5.92 Å². The Balaban J connectivity index is 1.51. The summed E-state index contributed by atoms with van der Waals surface area (Å²) in [6.07, 6.45) is 3.66. The van der Waals surface area contributed by atoms with E-state index < -0.39 is 0 Å². The van der Waals surface area contributed by atoms with E-state index in [1.807, 2.05) is 11.8 Å². The lowest BCUT2D eigenvalue weighted by atomic mass is 9.92. The molecule has 1 aromatic carbocycles. The van der Waals surface area contributed by atoms with Gasteiger partial charge in [0.2, 0.25) is 0 Å². The highest BCUT2D eigenvalue weighted by atomic mass is 16.3. The Kier molecular flexibility index (Phi) is 5.84. The predicted octanol–water partition coefficient (Wildman–Crippen LogP) is 2.77. The standard InChI is InChI=1S/C20H31N3O2/c1-15-5-7-19(8-6-15)23-11-3-4-18(14-23)21-20(25)22-12-9-17(10-13-22)16(2)24/h5-8,16-18,24H,3-4,9-14H2,1-2H3,(H,21,25). The molecule has 25 heavy (non-hydrogen) atoms. The van der Waals surface area contributed by atoms with Crippen molar-refractivity contribution in [3.8, 4) is 0 Å². The van der Waals surface area contributed by atoms with Crippen LogP contribution in [-0.2, 0) is 0 Å². The maximum Gasteiger partial charge on any atom is 0.317 e. The van der Waals surface area contributed by atoms with Gasteiger partial charge in [-0.05, 0) is 57.6 Å². The van der Waals surface area contributed by atoms with E-state index in [9.17, 15) is 9.90 Å². The Hall–Kier alpha value is -1.75. The molecule has 2 atom stereocenters. The van der Waals surface area contributed by atoms with Gasteiger partial charge in [-0.15, -0.1) is 0 Å². The molecule has 2 saturated heterocycles. The number of hydrogen-bond acceptors (Lipinski definition) is 3. The van der Waals surface area contributed by atoms with Crippen LogP contribution in [0.1, 0.15) is 38.2 Å². The van der Waals surface area contributed by atoms with E-state index in [0.29, 0.717) is 5.92 Å². The van der Waals surface area contributed by atoms with Crippen molar-refractivity contribution < 1.29 is 9.90 Å². The molecule has 2 aliphatic heterocycles. The molecule has 5 nitrogen and oxygen atoms in total.